The van der Waals surface area contributed by atoms with Gasteiger partial charge in [-0.1, -0.05) is 80.2 Å². The van der Waals surface area contributed by atoms with Crippen LogP contribution in [0.4, 0.5) is 0 Å². The van der Waals surface area contributed by atoms with E-state index in [1.54, 1.807) is 0 Å². The minimum Gasteiger partial charge on any atom is -0.349 e. The molecule has 0 saturated carbocycles. The molecule has 3 rings (SSSR count). The van der Waals surface area contributed by atoms with Gasteiger partial charge in [-0.3, -0.25) is 4.79 Å². The van der Waals surface area contributed by atoms with Gasteiger partial charge in [0.25, 0.3) is 0 Å². The van der Waals surface area contributed by atoms with Crippen molar-refractivity contribution in [2.24, 2.45) is 13.0 Å². The summed E-state index contributed by atoms with van der Waals surface area (Å²) in [4.78, 5) is 12.4. The second-order valence-corrected chi connectivity index (χ2v) is 8.59. The average molecular weight is 409 g/mol. The van der Waals surface area contributed by atoms with Crippen LogP contribution in [-0.2, 0) is 18.3 Å². The number of aromatic nitrogens is 3. The number of hydrogen-bond donors (Lipinski definition) is 1. The predicted molar refractivity (Wildman–Crippen MR) is 119 cm³/mol. The van der Waals surface area contributed by atoms with Crippen LogP contribution in [0.15, 0.2) is 59.8 Å². The van der Waals surface area contributed by atoms with Crippen molar-refractivity contribution in [1.29, 1.82) is 0 Å². The molecule has 1 atom stereocenters. The van der Waals surface area contributed by atoms with Crippen LogP contribution >= 0.6 is 11.8 Å². The number of carbonyl (C=O) groups is 1. The number of nitrogens with zero attached hydrogens (tertiary/aromatic N) is 3. The summed E-state index contributed by atoms with van der Waals surface area (Å²) in [5.41, 5.74) is 3.45. The third kappa shape index (κ3) is 5.70. The van der Waals surface area contributed by atoms with Crippen LogP contribution in [0.2, 0.25) is 0 Å². The van der Waals surface area contributed by atoms with Gasteiger partial charge in [0.1, 0.15) is 0 Å². The van der Waals surface area contributed by atoms with E-state index in [0.717, 1.165) is 28.5 Å². The van der Waals surface area contributed by atoms with Crippen molar-refractivity contribution in [2.75, 3.05) is 5.75 Å². The number of rotatable bonds is 8. The van der Waals surface area contributed by atoms with Crippen LogP contribution in [0.5, 0.6) is 0 Å². The first-order valence-electron chi connectivity index (χ1n) is 9.90. The fourth-order valence-corrected chi connectivity index (χ4v) is 3.91. The molecule has 0 aliphatic rings. The number of nitrogens with one attached hydrogen (secondary N) is 1. The molecular weight excluding hydrogens is 380 g/mol. The Morgan fingerprint density at radius 2 is 1.72 bits per heavy atom. The molecule has 0 fully saturated rings. The minimum absolute atomic E-state index is 0.0157. The van der Waals surface area contributed by atoms with Gasteiger partial charge in [0.2, 0.25) is 5.91 Å². The van der Waals surface area contributed by atoms with Gasteiger partial charge < -0.3 is 9.88 Å². The molecule has 0 radical (unpaired) electrons. The molecule has 1 N–H and O–H groups in total. The fourth-order valence-electron chi connectivity index (χ4n) is 3.19. The lowest BCUT2D eigenvalue weighted by atomic mass is 10.00. The number of amides is 1. The highest BCUT2D eigenvalue weighted by Crippen LogP contribution is 2.22. The topological polar surface area (TPSA) is 59.8 Å². The molecule has 1 amide bonds. The first-order valence-corrected chi connectivity index (χ1v) is 10.9. The normalized spacial score (nSPS) is 12.2. The molecule has 0 aliphatic carbocycles. The van der Waals surface area contributed by atoms with E-state index < -0.39 is 0 Å². The molecule has 0 saturated heterocycles. The fraction of sp³-hybridized carbons (Fsp3) is 0.348. The molecule has 0 spiro atoms. The lowest BCUT2D eigenvalue weighted by Crippen LogP contribution is -2.28. The summed E-state index contributed by atoms with van der Waals surface area (Å²) in [6.45, 7) is 6.44. The summed E-state index contributed by atoms with van der Waals surface area (Å²) >= 11 is 1.39. The van der Waals surface area contributed by atoms with Crippen molar-refractivity contribution >= 4 is 17.7 Å². The summed E-state index contributed by atoms with van der Waals surface area (Å²) in [7, 11) is 1.92. The quantitative estimate of drug-likeness (QED) is 0.551. The third-order valence-electron chi connectivity index (χ3n) is 4.70. The van der Waals surface area contributed by atoms with Gasteiger partial charge in [-0.15, -0.1) is 10.2 Å². The van der Waals surface area contributed by atoms with Gasteiger partial charge in [0.05, 0.1) is 11.8 Å². The molecule has 0 bridgehead atoms. The lowest BCUT2D eigenvalue weighted by Gasteiger charge is -2.15. The molecule has 152 valence electrons. The Bertz CT molecular complexity index is 935. The molecule has 1 aromatic heterocycles. The molecular formula is C23H28N4OS. The van der Waals surface area contributed by atoms with Crippen LogP contribution in [0.25, 0.3) is 11.4 Å². The SMILES string of the molecule is CC(C)Cc1ccc(C(C)NC(=O)CSc2nnc(-c3ccccc3)n2C)cc1. The molecule has 29 heavy (non-hydrogen) atoms. The van der Waals surface area contributed by atoms with Crippen molar-refractivity contribution < 1.29 is 4.79 Å². The smallest absolute Gasteiger partial charge is 0.230 e. The molecule has 2 aromatic carbocycles. The summed E-state index contributed by atoms with van der Waals surface area (Å²) in [6, 6.07) is 18.4. The monoisotopic (exact) mass is 408 g/mol. The number of benzene rings is 2. The summed E-state index contributed by atoms with van der Waals surface area (Å²) in [5, 5.41) is 12.3. The maximum atomic E-state index is 12.4. The van der Waals surface area contributed by atoms with Crippen molar-refractivity contribution in [2.45, 2.75) is 38.4 Å². The maximum absolute atomic E-state index is 12.4. The Balaban J connectivity index is 1.54. The Kier molecular flexibility index (Phi) is 7.09. The Morgan fingerprint density at radius 3 is 2.38 bits per heavy atom. The zero-order chi connectivity index (χ0) is 20.8. The van der Waals surface area contributed by atoms with E-state index in [1.165, 1.54) is 17.3 Å². The van der Waals surface area contributed by atoms with Crippen molar-refractivity contribution in [3.8, 4) is 11.4 Å². The predicted octanol–water partition coefficient (Wildman–Crippen LogP) is 4.65. The summed E-state index contributed by atoms with van der Waals surface area (Å²) in [6.07, 6.45) is 1.07. The second-order valence-electron chi connectivity index (χ2n) is 7.65. The molecule has 1 unspecified atom stereocenters. The van der Waals surface area contributed by atoms with Gasteiger partial charge >= 0.3 is 0 Å². The van der Waals surface area contributed by atoms with E-state index in [0.29, 0.717) is 11.7 Å². The van der Waals surface area contributed by atoms with E-state index in [-0.39, 0.29) is 11.9 Å². The van der Waals surface area contributed by atoms with Gasteiger partial charge in [0.15, 0.2) is 11.0 Å². The first-order chi connectivity index (χ1) is 13.9. The van der Waals surface area contributed by atoms with Crippen LogP contribution in [-0.4, -0.2) is 26.4 Å². The van der Waals surface area contributed by atoms with E-state index in [4.69, 9.17) is 0 Å². The molecule has 3 aromatic rings. The van der Waals surface area contributed by atoms with E-state index in [9.17, 15) is 4.79 Å². The van der Waals surface area contributed by atoms with Gasteiger partial charge in [-0.05, 0) is 30.4 Å². The van der Waals surface area contributed by atoms with E-state index in [1.807, 2.05) is 48.9 Å². The van der Waals surface area contributed by atoms with Gasteiger partial charge in [-0.2, -0.15) is 0 Å². The highest BCUT2D eigenvalue weighted by molar-refractivity contribution is 7.99. The average Bonchev–Trinajstić information content (AvgIpc) is 3.07. The first kappa shape index (κ1) is 21.1. The zero-order valence-electron chi connectivity index (χ0n) is 17.4. The second kappa shape index (κ2) is 9.74. The van der Waals surface area contributed by atoms with Crippen LogP contribution in [0, 0.1) is 5.92 Å². The molecule has 5 nitrogen and oxygen atoms in total. The van der Waals surface area contributed by atoms with Crippen molar-refractivity contribution in [3.63, 3.8) is 0 Å². The van der Waals surface area contributed by atoms with E-state index in [2.05, 4.69) is 53.6 Å². The minimum atomic E-state index is -0.0319. The highest BCUT2D eigenvalue weighted by atomic mass is 32.2. The lowest BCUT2D eigenvalue weighted by molar-refractivity contribution is -0.119. The third-order valence-corrected chi connectivity index (χ3v) is 5.72. The largest absolute Gasteiger partial charge is 0.349 e. The molecule has 6 heteroatoms. The maximum Gasteiger partial charge on any atom is 0.230 e. The van der Waals surface area contributed by atoms with Crippen LogP contribution in [0.3, 0.4) is 0 Å². The van der Waals surface area contributed by atoms with Gasteiger partial charge in [-0.25, -0.2) is 0 Å². The Labute approximate surface area is 176 Å². The van der Waals surface area contributed by atoms with Gasteiger partial charge in [0, 0.05) is 12.6 Å². The van der Waals surface area contributed by atoms with Crippen molar-refractivity contribution in [1.82, 2.24) is 20.1 Å². The number of carbonyl (C=O) groups excluding carboxylic acids is 1. The number of thioether (sulfide) groups is 1. The van der Waals surface area contributed by atoms with Crippen LogP contribution < -0.4 is 5.32 Å². The van der Waals surface area contributed by atoms with Crippen LogP contribution in [0.1, 0.15) is 37.9 Å². The Morgan fingerprint density at radius 1 is 1.03 bits per heavy atom. The highest BCUT2D eigenvalue weighted by Gasteiger charge is 2.14. The molecule has 0 aliphatic heterocycles. The van der Waals surface area contributed by atoms with E-state index >= 15 is 0 Å². The number of hydrogen-bond acceptors (Lipinski definition) is 4. The Hall–Kier alpha value is -2.60. The molecule has 1 heterocycles. The summed E-state index contributed by atoms with van der Waals surface area (Å²) in [5.74, 6) is 1.72. The standard InChI is InChI=1S/C23H28N4OS/c1-16(2)14-18-10-12-19(13-11-18)17(3)24-21(28)15-29-23-26-25-22(27(23)4)20-8-6-5-7-9-20/h5-13,16-17H,14-15H2,1-4H3,(H,24,28). The summed E-state index contributed by atoms with van der Waals surface area (Å²) < 4.78 is 1.92. The zero-order valence-corrected chi connectivity index (χ0v) is 18.2. The van der Waals surface area contributed by atoms with Crippen molar-refractivity contribution in [3.05, 3.63) is 65.7 Å².